The van der Waals surface area contributed by atoms with Crippen molar-refractivity contribution >= 4 is 11.8 Å². The maximum Gasteiger partial charge on any atom is 0.230 e. The zero-order valence-electron chi connectivity index (χ0n) is 21.1. The fraction of sp³-hybridized carbons (Fsp3) is 0.857. The second kappa shape index (κ2) is 18.5. The summed E-state index contributed by atoms with van der Waals surface area (Å²) in [6, 6.07) is -0.0103. The summed E-state index contributed by atoms with van der Waals surface area (Å²) in [5, 5.41) is 0. The number of imide groups is 1. The largest absolute Gasteiger partial charge is 0.275 e. The van der Waals surface area contributed by atoms with Crippen LogP contribution in [-0.2, 0) is 9.59 Å². The number of unbranched alkanes of at least 4 members (excludes halogenated alkanes) is 15. The summed E-state index contributed by atoms with van der Waals surface area (Å²) in [7, 11) is 0. The number of carbonyl (C=O) groups excluding carboxylic acids is 2. The van der Waals surface area contributed by atoms with Crippen LogP contribution in [0.25, 0.3) is 0 Å². The van der Waals surface area contributed by atoms with Crippen molar-refractivity contribution in [1.29, 1.82) is 0 Å². The summed E-state index contributed by atoms with van der Waals surface area (Å²) < 4.78 is 0. The van der Waals surface area contributed by atoms with Crippen LogP contribution in [0.3, 0.4) is 0 Å². The SMILES string of the molecule is CCCCCCCCCCCCCCCCCC=C(C)C(CCC)N1C(=O)CCC1=O. The van der Waals surface area contributed by atoms with E-state index in [4.69, 9.17) is 0 Å². The lowest BCUT2D eigenvalue weighted by Gasteiger charge is -2.27. The molecule has 0 aliphatic carbocycles. The molecule has 1 unspecified atom stereocenters. The van der Waals surface area contributed by atoms with Crippen molar-refractivity contribution in [2.75, 3.05) is 0 Å². The van der Waals surface area contributed by atoms with E-state index in [9.17, 15) is 9.59 Å². The number of amides is 2. The Bertz CT molecular complexity index is 495. The van der Waals surface area contributed by atoms with Gasteiger partial charge in [-0.3, -0.25) is 14.5 Å². The van der Waals surface area contributed by atoms with E-state index in [0.717, 1.165) is 19.3 Å². The van der Waals surface area contributed by atoms with Gasteiger partial charge in [0.05, 0.1) is 6.04 Å². The second-order valence-corrected chi connectivity index (χ2v) is 9.65. The van der Waals surface area contributed by atoms with E-state index >= 15 is 0 Å². The van der Waals surface area contributed by atoms with Crippen LogP contribution in [0.5, 0.6) is 0 Å². The molecule has 2 amide bonds. The standard InChI is InChI=1S/C28H51NO2/c1-4-6-7-8-9-10-11-12-13-14-15-16-17-18-19-20-22-25(3)26(21-5-2)29-27(30)23-24-28(29)31/h22,26H,4-21,23-24H2,1-3H3. The van der Waals surface area contributed by atoms with Gasteiger partial charge in [-0.15, -0.1) is 0 Å². The Morgan fingerprint density at radius 2 is 1.13 bits per heavy atom. The van der Waals surface area contributed by atoms with Gasteiger partial charge in [0.1, 0.15) is 0 Å². The first-order chi connectivity index (χ1) is 15.1. The van der Waals surface area contributed by atoms with Gasteiger partial charge in [0.2, 0.25) is 11.8 Å². The predicted molar refractivity (Wildman–Crippen MR) is 133 cm³/mol. The van der Waals surface area contributed by atoms with Crippen molar-refractivity contribution in [1.82, 2.24) is 4.90 Å². The van der Waals surface area contributed by atoms with E-state index in [1.165, 1.54) is 102 Å². The lowest BCUT2D eigenvalue weighted by molar-refractivity contribution is -0.140. The minimum atomic E-state index is -0.0103. The summed E-state index contributed by atoms with van der Waals surface area (Å²) in [5.74, 6) is 0.0337. The van der Waals surface area contributed by atoms with Crippen molar-refractivity contribution in [3.63, 3.8) is 0 Å². The molecular formula is C28H51NO2. The van der Waals surface area contributed by atoms with Crippen LogP contribution in [0.2, 0.25) is 0 Å². The lowest BCUT2D eigenvalue weighted by Crippen LogP contribution is -2.40. The van der Waals surface area contributed by atoms with Gasteiger partial charge >= 0.3 is 0 Å². The second-order valence-electron chi connectivity index (χ2n) is 9.65. The molecule has 1 aliphatic heterocycles. The zero-order valence-corrected chi connectivity index (χ0v) is 21.1. The minimum absolute atomic E-state index is 0.0103. The maximum absolute atomic E-state index is 12.1. The Balaban J connectivity index is 2.02. The van der Waals surface area contributed by atoms with E-state index in [1.807, 2.05) is 0 Å². The zero-order chi connectivity index (χ0) is 22.7. The average Bonchev–Trinajstić information content (AvgIpc) is 3.09. The van der Waals surface area contributed by atoms with E-state index < -0.39 is 0 Å². The third-order valence-electron chi connectivity index (χ3n) is 6.76. The number of carbonyl (C=O) groups is 2. The van der Waals surface area contributed by atoms with Crippen molar-refractivity contribution < 1.29 is 9.59 Å². The first kappa shape index (κ1) is 27.9. The van der Waals surface area contributed by atoms with E-state index in [1.54, 1.807) is 4.90 Å². The normalized spacial score (nSPS) is 15.8. The smallest absolute Gasteiger partial charge is 0.230 e. The number of hydrogen-bond donors (Lipinski definition) is 0. The Morgan fingerprint density at radius 3 is 1.55 bits per heavy atom. The summed E-state index contributed by atoms with van der Waals surface area (Å²) in [6.07, 6.45) is 26.8. The van der Waals surface area contributed by atoms with Crippen LogP contribution in [0.1, 0.15) is 149 Å². The molecule has 1 rings (SSSR count). The lowest BCUT2D eigenvalue weighted by atomic mass is 9.99. The molecule has 0 saturated carbocycles. The number of rotatable bonds is 20. The average molecular weight is 434 g/mol. The summed E-state index contributed by atoms with van der Waals surface area (Å²) >= 11 is 0. The highest BCUT2D eigenvalue weighted by molar-refractivity contribution is 6.02. The molecule has 180 valence electrons. The van der Waals surface area contributed by atoms with Crippen LogP contribution in [0.15, 0.2) is 11.6 Å². The Labute approximate surface area is 193 Å². The van der Waals surface area contributed by atoms with Gasteiger partial charge in [-0.1, -0.05) is 122 Å². The first-order valence-corrected chi connectivity index (χ1v) is 13.6. The van der Waals surface area contributed by atoms with Crippen molar-refractivity contribution in [3.8, 4) is 0 Å². The molecule has 1 saturated heterocycles. The van der Waals surface area contributed by atoms with Crippen molar-refractivity contribution in [2.45, 2.75) is 155 Å². The highest BCUT2D eigenvalue weighted by Crippen LogP contribution is 2.24. The molecule has 3 heteroatoms. The molecule has 0 bridgehead atoms. The van der Waals surface area contributed by atoms with Gasteiger partial charge in [-0.05, 0) is 26.2 Å². The Morgan fingerprint density at radius 1 is 0.710 bits per heavy atom. The maximum atomic E-state index is 12.1. The summed E-state index contributed by atoms with van der Waals surface area (Å²) in [5.41, 5.74) is 1.20. The van der Waals surface area contributed by atoms with Crippen molar-refractivity contribution in [2.24, 2.45) is 0 Å². The van der Waals surface area contributed by atoms with Crippen LogP contribution < -0.4 is 0 Å². The molecule has 0 aromatic heterocycles. The van der Waals surface area contributed by atoms with Gasteiger partial charge in [0, 0.05) is 12.8 Å². The topological polar surface area (TPSA) is 37.4 Å². The predicted octanol–water partition coefficient (Wildman–Crippen LogP) is 8.51. The van der Waals surface area contributed by atoms with Gasteiger partial charge in [0.15, 0.2) is 0 Å². The highest BCUT2D eigenvalue weighted by Gasteiger charge is 2.34. The summed E-state index contributed by atoms with van der Waals surface area (Å²) in [4.78, 5) is 25.8. The number of nitrogens with zero attached hydrogens (tertiary/aromatic N) is 1. The summed E-state index contributed by atoms with van der Waals surface area (Å²) in [6.45, 7) is 6.51. The van der Waals surface area contributed by atoms with Gasteiger partial charge < -0.3 is 0 Å². The first-order valence-electron chi connectivity index (χ1n) is 13.6. The minimum Gasteiger partial charge on any atom is -0.275 e. The quantitative estimate of drug-likeness (QED) is 0.110. The van der Waals surface area contributed by atoms with Crippen LogP contribution in [0, 0.1) is 0 Å². The van der Waals surface area contributed by atoms with Crippen molar-refractivity contribution in [3.05, 3.63) is 11.6 Å². The highest BCUT2D eigenvalue weighted by atomic mass is 16.2. The number of likely N-dealkylation sites (tertiary alicyclic amines) is 1. The number of hydrogen-bond acceptors (Lipinski definition) is 2. The molecule has 1 aliphatic rings. The van der Waals surface area contributed by atoms with Gasteiger partial charge in [0.25, 0.3) is 0 Å². The van der Waals surface area contributed by atoms with Crippen LogP contribution >= 0.6 is 0 Å². The molecule has 3 nitrogen and oxygen atoms in total. The van der Waals surface area contributed by atoms with Crippen LogP contribution in [-0.4, -0.2) is 22.8 Å². The van der Waals surface area contributed by atoms with Gasteiger partial charge in [-0.2, -0.15) is 0 Å². The molecule has 0 spiro atoms. The molecular weight excluding hydrogens is 382 g/mol. The van der Waals surface area contributed by atoms with E-state index in [-0.39, 0.29) is 17.9 Å². The van der Waals surface area contributed by atoms with Gasteiger partial charge in [-0.25, -0.2) is 0 Å². The molecule has 1 heterocycles. The third kappa shape index (κ3) is 12.5. The van der Waals surface area contributed by atoms with Crippen LogP contribution in [0.4, 0.5) is 0 Å². The monoisotopic (exact) mass is 433 g/mol. The molecule has 0 aromatic rings. The van der Waals surface area contributed by atoms with E-state index in [0.29, 0.717) is 12.8 Å². The molecule has 0 aromatic carbocycles. The third-order valence-corrected chi connectivity index (χ3v) is 6.76. The molecule has 0 radical (unpaired) electrons. The fourth-order valence-electron chi connectivity index (χ4n) is 4.76. The molecule has 0 N–H and O–H groups in total. The fourth-order valence-corrected chi connectivity index (χ4v) is 4.76. The van der Waals surface area contributed by atoms with E-state index in [2.05, 4.69) is 26.8 Å². The molecule has 1 fully saturated rings. The molecule has 1 atom stereocenters. The number of allylic oxidation sites excluding steroid dienone is 1. The Kier molecular flexibility index (Phi) is 16.6. The Hall–Kier alpha value is -1.12. The molecule has 31 heavy (non-hydrogen) atoms.